The number of hydrogen-bond donors (Lipinski definition) is 2. The first-order chi connectivity index (χ1) is 7.24. The van der Waals surface area contributed by atoms with Gasteiger partial charge in [0.25, 0.3) is 0 Å². The number of nitrogens with one attached hydrogen (secondary N) is 1. The van der Waals surface area contributed by atoms with Gasteiger partial charge in [0.05, 0.1) is 17.9 Å². The smallest absolute Gasteiger partial charge is 0.305 e. The summed E-state index contributed by atoms with van der Waals surface area (Å²) in [5, 5.41) is 15.7. The van der Waals surface area contributed by atoms with Gasteiger partial charge in [0.1, 0.15) is 0 Å². The van der Waals surface area contributed by atoms with Crippen LogP contribution in [0, 0.1) is 6.92 Å². The molecule has 1 aliphatic rings. The Hall–Kier alpha value is -2.04. The lowest BCUT2D eigenvalue weighted by atomic mass is 10.2. The van der Waals surface area contributed by atoms with Gasteiger partial charge in [0.2, 0.25) is 0 Å². The van der Waals surface area contributed by atoms with Crippen LogP contribution in [0.1, 0.15) is 5.56 Å². The van der Waals surface area contributed by atoms with Crippen molar-refractivity contribution in [3.63, 3.8) is 0 Å². The van der Waals surface area contributed by atoms with Crippen LogP contribution >= 0.6 is 0 Å². The number of aliphatic hydroxyl groups is 1. The van der Waals surface area contributed by atoms with E-state index in [-0.39, 0.29) is 12.0 Å². The van der Waals surface area contributed by atoms with Crippen LogP contribution in [0.3, 0.4) is 0 Å². The number of oxime groups is 1. The average molecular weight is 205 g/mol. The number of pyridine rings is 1. The summed E-state index contributed by atoms with van der Waals surface area (Å²) >= 11 is 0. The molecular formula is C10H11N3O2. The summed E-state index contributed by atoms with van der Waals surface area (Å²) in [5.41, 5.74) is 1.94. The molecule has 0 aromatic carbocycles. The second-order valence-corrected chi connectivity index (χ2v) is 3.27. The highest BCUT2D eigenvalue weighted by Gasteiger charge is 2.09. The number of hydrogen-bond acceptors (Lipinski definition) is 5. The van der Waals surface area contributed by atoms with Crippen LogP contribution in [-0.2, 0) is 4.84 Å². The highest BCUT2D eigenvalue weighted by Crippen LogP contribution is 2.11. The third kappa shape index (κ3) is 2.46. The third-order valence-corrected chi connectivity index (χ3v) is 1.90. The molecule has 1 unspecified atom stereocenters. The number of nitrogens with zero attached hydrogens (tertiary/aromatic N) is 2. The van der Waals surface area contributed by atoms with Gasteiger partial charge in [-0.05, 0) is 18.6 Å². The monoisotopic (exact) mass is 205 g/mol. The molecule has 0 spiro atoms. The topological polar surface area (TPSA) is 66.7 Å². The molecule has 0 radical (unpaired) electrons. The van der Waals surface area contributed by atoms with E-state index in [1.54, 1.807) is 18.6 Å². The SMILES string of the molecule is Cc1cncc(NC2C=NOC(O)=C2)c1. The molecule has 0 saturated carbocycles. The average Bonchev–Trinajstić information content (AvgIpc) is 2.17. The number of aliphatic hydroxyl groups excluding tert-OH is 1. The normalized spacial score (nSPS) is 19.3. The summed E-state index contributed by atoms with van der Waals surface area (Å²) in [4.78, 5) is 8.55. The van der Waals surface area contributed by atoms with Crippen molar-refractivity contribution in [3.8, 4) is 0 Å². The minimum atomic E-state index is -0.199. The van der Waals surface area contributed by atoms with Gasteiger partial charge >= 0.3 is 5.95 Å². The van der Waals surface area contributed by atoms with E-state index >= 15 is 0 Å². The van der Waals surface area contributed by atoms with Crippen molar-refractivity contribution in [2.24, 2.45) is 5.16 Å². The van der Waals surface area contributed by atoms with Gasteiger partial charge in [0.15, 0.2) is 0 Å². The zero-order valence-corrected chi connectivity index (χ0v) is 8.21. The fourth-order valence-electron chi connectivity index (χ4n) is 1.28. The van der Waals surface area contributed by atoms with Gasteiger partial charge in [-0.15, -0.1) is 0 Å². The van der Waals surface area contributed by atoms with Crippen LogP contribution in [0.15, 0.2) is 35.6 Å². The van der Waals surface area contributed by atoms with Crippen molar-refractivity contribution in [1.29, 1.82) is 0 Å². The lowest BCUT2D eigenvalue weighted by Crippen LogP contribution is -2.21. The molecule has 1 aliphatic heterocycles. The Morgan fingerprint density at radius 3 is 3.07 bits per heavy atom. The van der Waals surface area contributed by atoms with Crippen molar-refractivity contribution in [3.05, 3.63) is 36.0 Å². The zero-order chi connectivity index (χ0) is 10.7. The molecular weight excluding hydrogens is 194 g/mol. The van der Waals surface area contributed by atoms with E-state index in [0.29, 0.717) is 0 Å². The van der Waals surface area contributed by atoms with Crippen LogP contribution in [0.2, 0.25) is 0 Å². The minimum absolute atomic E-state index is 0.178. The van der Waals surface area contributed by atoms with Gasteiger partial charge in [-0.2, -0.15) is 0 Å². The van der Waals surface area contributed by atoms with Crippen LogP contribution in [-0.4, -0.2) is 22.3 Å². The lowest BCUT2D eigenvalue weighted by molar-refractivity contribution is 0.0949. The summed E-state index contributed by atoms with van der Waals surface area (Å²) in [5.74, 6) is -0.199. The first-order valence-corrected chi connectivity index (χ1v) is 4.53. The van der Waals surface area contributed by atoms with E-state index in [9.17, 15) is 0 Å². The van der Waals surface area contributed by atoms with Crippen molar-refractivity contribution < 1.29 is 9.94 Å². The molecule has 1 atom stereocenters. The van der Waals surface area contributed by atoms with E-state index in [4.69, 9.17) is 5.11 Å². The highest BCUT2D eigenvalue weighted by atomic mass is 16.7. The van der Waals surface area contributed by atoms with E-state index in [2.05, 4.69) is 20.3 Å². The van der Waals surface area contributed by atoms with Crippen molar-refractivity contribution in [2.75, 3.05) is 5.32 Å². The molecule has 5 heteroatoms. The molecule has 78 valence electrons. The summed E-state index contributed by atoms with van der Waals surface area (Å²) < 4.78 is 0. The molecule has 0 amide bonds. The maximum atomic E-state index is 9.08. The van der Waals surface area contributed by atoms with E-state index in [1.807, 2.05) is 13.0 Å². The molecule has 1 aromatic rings. The van der Waals surface area contributed by atoms with Gasteiger partial charge in [-0.1, -0.05) is 5.16 Å². The number of aryl methyl sites for hydroxylation is 1. The quantitative estimate of drug-likeness (QED) is 0.769. The van der Waals surface area contributed by atoms with Crippen molar-refractivity contribution in [2.45, 2.75) is 13.0 Å². The Labute approximate surface area is 87.1 Å². The molecule has 2 rings (SSSR count). The highest BCUT2D eigenvalue weighted by molar-refractivity contribution is 5.72. The summed E-state index contributed by atoms with van der Waals surface area (Å²) in [6, 6.07) is 1.78. The van der Waals surface area contributed by atoms with Crippen LogP contribution < -0.4 is 5.32 Å². The first-order valence-electron chi connectivity index (χ1n) is 4.53. The van der Waals surface area contributed by atoms with Gasteiger partial charge in [-0.3, -0.25) is 4.98 Å². The summed E-state index contributed by atoms with van der Waals surface area (Å²) in [7, 11) is 0. The number of rotatable bonds is 2. The molecule has 5 nitrogen and oxygen atoms in total. The lowest BCUT2D eigenvalue weighted by Gasteiger charge is -2.14. The van der Waals surface area contributed by atoms with Crippen molar-refractivity contribution in [1.82, 2.24) is 4.98 Å². The van der Waals surface area contributed by atoms with Gasteiger partial charge in [0, 0.05) is 18.5 Å². The molecule has 0 bridgehead atoms. The first kappa shape index (κ1) is 9.51. The molecule has 0 fully saturated rings. The predicted molar refractivity (Wildman–Crippen MR) is 56.7 cm³/mol. The fourth-order valence-corrected chi connectivity index (χ4v) is 1.28. The molecule has 15 heavy (non-hydrogen) atoms. The van der Waals surface area contributed by atoms with E-state index in [1.165, 1.54) is 6.08 Å². The Balaban J connectivity index is 2.09. The maximum Gasteiger partial charge on any atom is 0.305 e. The maximum absolute atomic E-state index is 9.08. The van der Waals surface area contributed by atoms with Crippen LogP contribution in [0.25, 0.3) is 0 Å². The second-order valence-electron chi connectivity index (χ2n) is 3.27. The molecule has 2 N–H and O–H groups in total. The predicted octanol–water partition coefficient (Wildman–Crippen LogP) is 1.59. The standard InChI is InChI=1S/C10H11N3O2/c1-7-2-8(5-11-4-7)13-9-3-10(14)15-12-6-9/h2-6,9,13-14H,1H3. The molecule has 2 heterocycles. The zero-order valence-electron chi connectivity index (χ0n) is 8.21. The van der Waals surface area contributed by atoms with E-state index < -0.39 is 0 Å². The Morgan fingerprint density at radius 1 is 1.47 bits per heavy atom. The van der Waals surface area contributed by atoms with Gasteiger partial charge in [-0.25, -0.2) is 0 Å². The molecule has 1 aromatic heterocycles. The minimum Gasteiger partial charge on any atom is -0.480 e. The Morgan fingerprint density at radius 2 is 2.33 bits per heavy atom. The van der Waals surface area contributed by atoms with Crippen LogP contribution in [0.4, 0.5) is 5.69 Å². The fraction of sp³-hybridized carbons (Fsp3) is 0.200. The second kappa shape index (κ2) is 4.00. The summed E-state index contributed by atoms with van der Waals surface area (Å²) in [6.07, 6.45) is 6.56. The van der Waals surface area contributed by atoms with Crippen molar-refractivity contribution >= 4 is 11.9 Å². The Kier molecular flexibility index (Phi) is 2.53. The Bertz CT molecular complexity index is 415. The van der Waals surface area contributed by atoms with E-state index in [0.717, 1.165) is 11.3 Å². The largest absolute Gasteiger partial charge is 0.480 e. The molecule has 0 saturated heterocycles. The summed E-state index contributed by atoms with van der Waals surface area (Å²) in [6.45, 7) is 1.96. The van der Waals surface area contributed by atoms with Crippen LogP contribution in [0.5, 0.6) is 0 Å². The molecule has 0 aliphatic carbocycles. The third-order valence-electron chi connectivity index (χ3n) is 1.90. The number of anilines is 1. The van der Waals surface area contributed by atoms with Gasteiger partial charge < -0.3 is 15.3 Å². The number of aromatic nitrogens is 1.